The predicted molar refractivity (Wildman–Crippen MR) is 84.9 cm³/mol. The van der Waals surface area contributed by atoms with Gasteiger partial charge in [0.15, 0.2) is 0 Å². The van der Waals surface area contributed by atoms with Gasteiger partial charge in [-0.25, -0.2) is 4.79 Å². The standard InChI is InChI=1S/C16H29N3O3/c1-2-18(12-15(20)21)14-10-13(11-14)17-16(22)19-8-6-4-3-5-7-9-19/h13-14H,2-12H2,1H3,(H,17,22)(H,20,21). The van der Waals surface area contributed by atoms with Gasteiger partial charge in [-0.05, 0) is 32.2 Å². The van der Waals surface area contributed by atoms with Gasteiger partial charge in [-0.2, -0.15) is 0 Å². The van der Waals surface area contributed by atoms with Crippen molar-refractivity contribution in [2.24, 2.45) is 0 Å². The molecule has 0 radical (unpaired) electrons. The number of hydrogen-bond acceptors (Lipinski definition) is 3. The van der Waals surface area contributed by atoms with Crippen LogP contribution in [0.4, 0.5) is 4.79 Å². The molecule has 22 heavy (non-hydrogen) atoms. The van der Waals surface area contributed by atoms with Crippen molar-refractivity contribution in [2.45, 2.75) is 64.0 Å². The Bertz CT molecular complexity index is 375. The monoisotopic (exact) mass is 311 g/mol. The second-order valence-corrected chi connectivity index (χ2v) is 6.48. The minimum absolute atomic E-state index is 0.0617. The lowest BCUT2D eigenvalue weighted by Gasteiger charge is -2.42. The van der Waals surface area contributed by atoms with Crippen molar-refractivity contribution in [3.8, 4) is 0 Å². The van der Waals surface area contributed by atoms with E-state index >= 15 is 0 Å². The Balaban J connectivity index is 1.71. The largest absolute Gasteiger partial charge is 0.480 e. The molecule has 0 atom stereocenters. The van der Waals surface area contributed by atoms with Crippen LogP contribution >= 0.6 is 0 Å². The van der Waals surface area contributed by atoms with Gasteiger partial charge in [0.1, 0.15) is 0 Å². The number of urea groups is 1. The SMILES string of the molecule is CCN(CC(=O)O)C1CC(NC(=O)N2CCCCCCC2)C1. The minimum atomic E-state index is -0.782. The molecule has 0 bridgehead atoms. The van der Waals surface area contributed by atoms with Gasteiger partial charge in [0, 0.05) is 25.2 Å². The summed E-state index contributed by atoms with van der Waals surface area (Å²) in [5.41, 5.74) is 0. The highest BCUT2D eigenvalue weighted by molar-refractivity contribution is 5.74. The molecule has 2 aliphatic rings. The molecule has 6 nitrogen and oxygen atoms in total. The van der Waals surface area contributed by atoms with Crippen molar-refractivity contribution in [3.63, 3.8) is 0 Å². The molecule has 0 aromatic carbocycles. The molecule has 126 valence electrons. The van der Waals surface area contributed by atoms with Crippen LogP contribution in [0.3, 0.4) is 0 Å². The average molecular weight is 311 g/mol. The van der Waals surface area contributed by atoms with Gasteiger partial charge in [-0.1, -0.05) is 26.2 Å². The lowest BCUT2D eigenvalue weighted by atomic mass is 9.85. The highest BCUT2D eigenvalue weighted by Crippen LogP contribution is 2.25. The summed E-state index contributed by atoms with van der Waals surface area (Å²) < 4.78 is 0. The number of aliphatic carboxylic acids is 1. The van der Waals surface area contributed by atoms with E-state index in [1.165, 1.54) is 19.3 Å². The smallest absolute Gasteiger partial charge is 0.317 e. The molecule has 1 aliphatic heterocycles. The maximum absolute atomic E-state index is 12.3. The fourth-order valence-electron chi connectivity index (χ4n) is 3.39. The summed E-state index contributed by atoms with van der Waals surface area (Å²) in [6.07, 6.45) is 7.65. The van der Waals surface area contributed by atoms with Crippen LogP contribution in [0.25, 0.3) is 0 Å². The zero-order chi connectivity index (χ0) is 15.9. The van der Waals surface area contributed by atoms with E-state index in [0.29, 0.717) is 6.04 Å². The van der Waals surface area contributed by atoms with E-state index in [2.05, 4.69) is 5.32 Å². The minimum Gasteiger partial charge on any atom is -0.480 e. The normalized spacial score (nSPS) is 26.0. The Hall–Kier alpha value is -1.30. The number of amides is 2. The fraction of sp³-hybridized carbons (Fsp3) is 0.875. The first-order valence-electron chi connectivity index (χ1n) is 8.61. The molecule has 0 spiro atoms. The van der Waals surface area contributed by atoms with Gasteiger partial charge in [-0.3, -0.25) is 9.69 Å². The van der Waals surface area contributed by atoms with E-state index in [4.69, 9.17) is 5.11 Å². The Kier molecular flexibility index (Phi) is 6.49. The van der Waals surface area contributed by atoms with Crippen molar-refractivity contribution in [1.29, 1.82) is 0 Å². The number of likely N-dealkylation sites (tertiary alicyclic amines) is 1. The van der Waals surface area contributed by atoms with E-state index in [1.807, 2.05) is 16.7 Å². The van der Waals surface area contributed by atoms with Crippen LogP contribution in [-0.2, 0) is 4.79 Å². The molecular weight excluding hydrogens is 282 g/mol. The van der Waals surface area contributed by atoms with E-state index in [1.54, 1.807) is 0 Å². The van der Waals surface area contributed by atoms with Crippen molar-refractivity contribution >= 4 is 12.0 Å². The molecule has 2 amide bonds. The van der Waals surface area contributed by atoms with Gasteiger partial charge in [0.05, 0.1) is 6.54 Å². The number of hydrogen-bond donors (Lipinski definition) is 2. The number of carboxylic acid groups (broad SMARTS) is 1. The van der Waals surface area contributed by atoms with Crippen LogP contribution in [0, 0.1) is 0 Å². The highest BCUT2D eigenvalue weighted by Gasteiger charge is 2.35. The Morgan fingerprint density at radius 3 is 2.27 bits per heavy atom. The zero-order valence-corrected chi connectivity index (χ0v) is 13.6. The van der Waals surface area contributed by atoms with Crippen molar-refractivity contribution in [2.75, 3.05) is 26.2 Å². The summed E-state index contributed by atoms with van der Waals surface area (Å²) in [5, 5.41) is 12.0. The van der Waals surface area contributed by atoms with Crippen LogP contribution in [0.2, 0.25) is 0 Å². The lowest BCUT2D eigenvalue weighted by Crippen LogP contribution is -2.57. The molecule has 2 rings (SSSR count). The predicted octanol–water partition coefficient (Wildman–Crippen LogP) is 1.90. The molecule has 0 aromatic rings. The summed E-state index contributed by atoms with van der Waals surface area (Å²) >= 11 is 0. The third kappa shape index (κ3) is 4.87. The number of nitrogens with zero attached hydrogens (tertiary/aromatic N) is 2. The molecule has 1 saturated heterocycles. The number of carbonyl (C=O) groups excluding carboxylic acids is 1. The van der Waals surface area contributed by atoms with Crippen LogP contribution < -0.4 is 5.32 Å². The first-order valence-corrected chi connectivity index (χ1v) is 8.61. The molecule has 6 heteroatoms. The third-order valence-corrected chi connectivity index (χ3v) is 4.84. The highest BCUT2D eigenvalue weighted by atomic mass is 16.4. The number of rotatable bonds is 5. The van der Waals surface area contributed by atoms with Crippen molar-refractivity contribution in [3.05, 3.63) is 0 Å². The molecule has 2 fully saturated rings. The maximum atomic E-state index is 12.3. The number of likely N-dealkylation sites (N-methyl/N-ethyl adjacent to an activating group) is 1. The van der Waals surface area contributed by atoms with Crippen LogP contribution in [-0.4, -0.2) is 65.2 Å². The number of nitrogens with one attached hydrogen (secondary N) is 1. The lowest BCUT2D eigenvalue weighted by molar-refractivity contribution is -0.139. The van der Waals surface area contributed by atoms with Crippen molar-refractivity contribution < 1.29 is 14.7 Å². The van der Waals surface area contributed by atoms with Crippen LogP contribution in [0.1, 0.15) is 51.9 Å². The fourth-order valence-corrected chi connectivity index (χ4v) is 3.39. The summed E-state index contributed by atoms with van der Waals surface area (Å²) in [5.74, 6) is -0.782. The number of carbonyl (C=O) groups is 2. The van der Waals surface area contributed by atoms with E-state index in [0.717, 1.165) is 45.3 Å². The Morgan fingerprint density at radius 1 is 1.14 bits per heavy atom. The summed E-state index contributed by atoms with van der Waals surface area (Å²) in [7, 11) is 0. The van der Waals surface area contributed by atoms with Crippen LogP contribution in [0.5, 0.6) is 0 Å². The maximum Gasteiger partial charge on any atom is 0.317 e. The molecule has 1 aliphatic carbocycles. The zero-order valence-electron chi connectivity index (χ0n) is 13.6. The van der Waals surface area contributed by atoms with Gasteiger partial charge in [-0.15, -0.1) is 0 Å². The second-order valence-electron chi connectivity index (χ2n) is 6.48. The summed E-state index contributed by atoms with van der Waals surface area (Å²) in [6.45, 7) is 4.54. The van der Waals surface area contributed by atoms with E-state index in [-0.39, 0.29) is 18.6 Å². The second kappa shape index (κ2) is 8.36. The molecule has 2 N–H and O–H groups in total. The summed E-state index contributed by atoms with van der Waals surface area (Å²) in [4.78, 5) is 27.0. The van der Waals surface area contributed by atoms with Gasteiger partial charge < -0.3 is 15.3 Å². The first kappa shape index (κ1) is 17.1. The van der Waals surface area contributed by atoms with Gasteiger partial charge in [0.25, 0.3) is 0 Å². The van der Waals surface area contributed by atoms with E-state index in [9.17, 15) is 9.59 Å². The molecule has 0 aromatic heterocycles. The Morgan fingerprint density at radius 2 is 1.73 bits per heavy atom. The Labute approximate surface area is 132 Å². The molecule has 1 heterocycles. The van der Waals surface area contributed by atoms with Gasteiger partial charge >= 0.3 is 12.0 Å². The van der Waals surface area contributed by atoms with E-state index < -0.39 is 5.97 Å². The first-order chi connectivity index (χ1) is 10.6. The molecule has 1 saturated carbocycles. The summed E-state index contributed by atoms with van der Waals surface area (Å²) in [6, 6.07) is 0.552. The van der Waals surface area contributed by atoms with Crippen LogP contribution in [0.15, 0.2) is 0 Å². The average Bonchev–Trinajstić information content (AvgIpc) is 2.39. The quantitative estimate of drug-likeness (QED) is 0.813. The third-order valence-electron chi connectivity index (χ3n) is 4.84. The molecular formula is C16H29N3O3. The topological polar surface area (TPSA) is 72.9 Å². The molecule has 0 unspecified atom stereocenters. The van der Waals surface area contributed by atoms with Gasteiger partial charge in [0.2, 0.25) is 0 Å². The number of carboxylic acids is 1. The van der Waals surface area contributed by atoms with Crippen molar-refractivity contribution in [1.82, 2.24) is 15.1 Å².